The number of aromatic hydroxyl groups is 1. The zero-order valence-corrected chi connectivity index (χ0v) is 44.5. The number of esters is 1. The predicted octanol–water partition coefficient (Wildman–Crippen LogP) is 5.33. The molecule has 4 aromatic rings. The van der Waals surface area contributed by atoms with E-state index in [1.807, 2.05) is 32.0 Å². The van der Waals surface area contributed by atoms with Gasteiger partial charge in [0.2, 0.25) is 11.8 Å². The first kappa shape index (κ1) is 54.0. The Morgan fingerprint density at radius 3 is 2.54 bits per heavy atom. The number of fused-ring (bicyclic) bond motifs is 6. The van der Waals surface area contributed by atoms with E-state index in [0.29, 0.717) is 76.3 Å². The van der Waals surface area contributed by atoms with Gasteiger partial charge in [-0.2, -0.15) is 0 Å². The van der Waals surface area contributed by atoms with Crippen LogP contribution in [0.4, 0.5) is 0 Å². The summed E-state index contributed by atoms with van der Waals surface area (Å²) < 4.78 is 19.6. The molecule has 0 aliphatic carbocycles. The second kappa shape index (κ2) is 23.1. The van der Waals surface area contributed by atoms with Crippen molar-refractivity contribution in [3.63, 3.8) is 0 Å². The van der Waals surface area contributed by atoms with E-state index in [0.717, 1.165) is 39.0 Å². The maximum absolute atomic E-state index is 14.8. The molecular weight excluding hydrogens is 941 g/mol. The van der Waals surface area contributed by atoms with Crippen molar-refractivity contribution in [1.82, 2.24) is 40.0 Å². The molecule has 2 aromatic heterocycles. The smallest absolute Gasteiger partial charge is 0.324 e. The van der Waals surface area contributed by atoms with E-state index in [2.05, 4.69) is 84.9 Å². The largest absolute Gasteiger partial charge is 0.508 e. The van der Waals surface area contributed by atoms with Gasteiger partial charge in [0.15, 0.2) is 0 Å². The standard InChI is InChI=1S/C57H74N8O9/c1-10-63-49-18-17-39-28-44(49)45(52(63)43-14-11-20-58-48(43)33-72-9)29-57(6,7)34-74-56(71)46-15-12-22-65(60-46)55(70)47(26-38-24-41(39)27-42(66)25-38)59-53(68)51(35(2)3)61(8)54(69)40-19-23-62(30-40)50(67)16-13-21-64-36(4)31-73-32-37(64)5/h11,14,17-18,20,24-25,27-28,35-37,40,46-47,51,60,66H,10,12,15,19,21-23,26,29-34H2,1-9H3,(H,59,68)/t36-,37+,40-,46-,47-,51-/m0/s1. The average Bonchev–Trinajstić information content (AvgIpc) is 3.99. The number of nitrogens with one attached hydrogen (secondary N) is 2. The topological polar surface area (TPSA) is 188 Å². The van der Waals surface area contributed by atoms with Crippen LogP contribution in [0.5, 0.6) is 5.75 Å². The number of phenols is 1. The summed E-state index contributed by atoms with van der Waals surface area (Å²) in [4.78, 5) is 81.0. The Balaban J connectivity index is 1.09. The molecule has 396 valence electrons. The lowest BCUT2D eigenvalue weighted by Crippen LogP contribution is -2.62. The number of carbonyl (C=O) groups excluding carboxylic acids is 5. The Labute approximate surface area is 435 Å². The van der Waals surface area contributed by atoms with E-state index in [9.17, 15) is 29.1 Å². The number of pyridine rings is 1. The van der Waals surface area contributed by atoms with Gasteiger partial charge in [0.25, 0.3) is 11.8 Å². The fourth-order valence-corrected chi connectivity index (χ4v) is 11.3. The summed E-state index contributed by atoms with van der Waals surface area (Å²) in [5, 5.41) is 16.8. The normalized spacial score (nSPS) is 22.9. The molecule has 0 spiro atoms. The van der Waals surface area contributed by atoms with Gasteiger partial charge >= 0.3 is 5.97 Å². The molecule has 17 nitrogen and oxygen atoms in total. The van der Waals surface area contributed by atoms with Crippen molar-refractivity contribution < 1.29 is 43.3 Å². The summed E-state index contributed by atoms with van der Waals surface area (Å²) in [5.41, 5.74) is 9.52. The minimum atomic E-state index is -1.18. The molecule has 0 unspecified atom stereocenters. The molecule has 0 saturated carbocycles. The van der Waals surface area contributed by atoms with Crippen molar-refractivity contribution in [2.75, 3.05) is 60.2 Å². The number of rotatable bonds is 10. The number of benzene rings is 2. The molecule has 8 rings (SSSR count). The van der Waals surface area contributed by atoms with Gasteiger partial charge in [-0.25, -0.2) is 5.43 Å². The minimum Gasteiger partial charge on any atom is -0.508 e. The quantitative estimate of drug-likeness (QED) is 0.137. The molecule has 6 heterocycles. The number of methoxy groups -OCH3 is 1. The second-order valence-corrected chi connectivity index (χ2v) is 21.7. The van der Waals surface area contributed by atoms with Crippen LogP contribution in [-0.2, 0) is 64.2 Å². The molecule has 4 amide bonds. The van der Waals surface area contributed by atoms with E-state index in [-0.39, 0.29) is 61.7 Å². The number of hydrazine groups is 1. The summed E-state index contributed by atoms with van der Waals surface area (Å²) >= 11 is 0. The van der Waals surface area contributed by atoms with Crippen LogP contribution in [0.3, 0.4) is 0 Å². The van der Waals surface area contributed by atoms with Crippen molar-refractivity contribution in [3.8, 4) is 40.0 Å². The maximum Gasteiger partial charge on any atom is 0.324 e. The molecule has 3 N–H and O–H groups in total. The lowest BCUT2D eigenvalue weighted by atomic mass is 9.84. The number of cyclic esters (lactones) is 1. The minimum absolute atomic E-state index is 0.0158. The van der Waals surface area contributed by atoms with E-state index >= 15 is 0 Å². The highest BCUT2D eigenvalue weighted by molar-refractivity contribution is 5.97. The number of amides is 4. The Hall–Kier alpha value is -6.32. The first-order chi connectivity index (χ1) is 35.4. The molecule has 74 heavy (non-hydrogen) atoms. The summed E-state index contributed by atoms with van der Waals surface area (Å²) in [6.45, 7) is 17.6. The zero-order chi connectivity index (χ0) is 53.0. The molecule has 4 aliphatic rings. The summed E-state index contributed by atoms with van der Waals surface area (Å²) in [6.07, 6.45) is 3.64. The summed E-state index contributed by atoms with van der Waals surface area (Å²) in [6, 6.07) is 12.8. The Morgan fingerprint density at radius 1 is 1.04 bits per heavy atom. The number of likely N-dealkylation sites (tertiary alicyclic amines) is 1. The third kappa shape index (κ3) is 11.8. The number of phenolic OH excluding ortho intramolecular Hbond substituents is 1. The second-order valence-electron chi connectivity index (χ2n) is 21.7. The fourth-order valence-electron chi connectivity index (χ4n) is 11.3. The van der Waals surface area contributed by atoms with Gasteiger partial charge in [0.1, 0.15) is 23.9 Å². The van der Waals surface area contributed by atoms with Gasteiger partial charge in [-0.15, -0.1) is 0 Å². The first-order valence-electron chi connectivity index (χ1n) is 26.2. The SMILES string of the molecule is CCn1c(-c2cccnc2COC)c2c3cc(ccc31)-c1cc(O)cc(c1)C[C@H](NC(=O)[C@H](C(C)C)N(C)C(=O)[C@H]1CCN(C(=O)C#CCN3[C@H](C)COC[C@@H]3C)C1)C(=O)N1CCC[C@H](N1)C(=O)OCC(C)(C)C2. The van der Waals surface area contributed by atoms with E-state index in [1.165, 1.54) is 9.91 Å². The molecule has 17 heteroatoms. The predicted molar refractivity (Wildman–Crippen MR) is 281 cm³/mol. The zero-order valence-electron chi connectivity index (χ0n) is 44.5. The number of morpholine rings is 1. The number of aryl methyl sites for hydroxylation is 1. The van der Waals surface area contributed by atoms with Crippen LogP contribution in [0.15, 0.2) is 54.7 Å². The third-order valence-corrected chi connectivity index (χ3v) is 15.1. The molecule has 0 radical (unpaired) electrons. The number of likely N-dealkylation sites (N-methyl/N-ethyl adjacent to an activating group) is 1. The molecule has 4 aliphatic heterocycles. The lowest BCUT2D eigenvalue weighted by Gasteiger charge is -2.37. The van der Waals surface area contributed by atoms with Crippen LogP contribution in [0.25, 0.3) is 33.3 Å². The Morgan fingerprint density at radius 2 is 1.81 bits per heavy atom. The number of nitrogens with zero attached hydrogens (tertiary/aromatic N) is 6. The lowest BCUT2D eigenvalue weighted by molar-refractivity contribution is -0.155. The van der Waals surface area contributed by atoms with Crippen LogP contribution in [0.1, 0.15) is 84.5 Å². The number of hydrogen-bond donors (Lipinski definition) is 3. The van der Waals surface area contributed by atoms with E-state index in [4.69, 9.17) is 19.2 Å². The van der Waals surface area contributed by atoms with Crippen molar-refractivity contribution in [2.24, 2.45) is 17.3 Å². The summed E-state index contributed by atoms with van der Waals surface area (Å²) in [7, 11) is 3.24. The highest BCUT2D eigenvalue weighted by Crippen LogP contribution is 2.41. The highest BCUT2D eigenvalue weighted by atomic mass is 16.5. The van der Waals surface area contributed by atoms with Gasteiger partial charge < -0.3 is 39.0 Å². The third-order valence-electron chi connectivity index (χ3n) is 15.1. The monoisotopic (exact) mass is 1010 g/mol. The van der Waals surface area contributed by atoms with Crippen molar-refractivity contribution in [2.45, 2.75) is 124 Å². The van der Waals surface area contributed by atoms with E-state index < -0.39 is 47.2 Å². The van der Waals surface area contributed by atoms with Gasteiger partial charge in [-0.1, -0.05) is 45.7 Å². The van der Waals surface area contributed by atoms with E-state index in [1.54, 1.807) is 37.4 Å². The van der Waals surface area contributed by atoms with Gasteiger partial charge in [-0.3, -0.25) is 38.9 Å². The highest BCUT2D eigenvalue weighted by Gasteiger charge is 2.40. The van der Waals surface area contributed by atoms with Crippen LogP contribution >= 0.6 is 0 Å². The molecule has 6 atom stereocenters. The van der Waals surface area contributed by atoms with Crippen LogP contribution in [0.2, 0.25) is 0 Å². The van der Waals surface area contributed by atoms with Crippen molar-refractivity contribution in [1.29, 1.82) is 0 Å². The number of aromatic nitrogens is 2. The van der Waals surface area contributed by atoms with Crippen LogP contribution < -0.4 is 10.7 Å². The number of hydrogen-bond acceptors (Lipinski definition) is 12. The fraction of sp³-hybridized carbons (Fsp3) is 0.544. The molecule has 3 fully saturated rings. The van der Waals surface area contributed by atoms with Gasteiger partial charge in [-0.05, 0) is 117 Å². The molecule has 6 bridgehead atoms. The Kier molecular flexibility index (Phi) is 16.8. The summed E-state index contributed by atoms with van der Waals surface area (Å²) in [5.74, 6) is 2.75. The number of ether oxygens (including phenoxy) is 3. The average molecular weight is 1020 g/mol. The van der Waals surface area contributed by atoms with Crippen LogP contribution in [-0.4, -0.2) is 154 Å². The first-order valence-corrected chi connectivity index (χ1v) is 26.2. The Bertz CT molecular complexity index is 2800. The van der Waals surface area contributed by atoms with Crippen molar-refractivity contribution >= 4 is 40.5 Å². The maximum atomic E-state index is 14.8. The van der Waals surface area contributed by atoms with Crippen LogP contribution in [0, 0.1) is 29.1 Å². The molecule has 3 saturated heterocycles. The molecule has 2 aromatic carbocycles. The number of carbonyl (C=O) groups is 5. The van der Waals surface area contributed by atoms with Gasteiger partial charge in [0, 0.05) is 86.9 Å². The van der Waals surface area contributed by atoms with Crippen molar-refractivity contribution in [3.05, 3.63) is 71.5 Å². The van der Waals surface area contributed by atoms with Gasteiger partial charge in [0.05, 0.1) is 50.3 Å². The molecular formula is C57H74N8O9.